The molecule has 1 aromatic heterocycles. The molecule has 3 nitrogen and oxygen atoms in total. The monoisotopic (exact) mass is 259 g/mol. The zero-order valence-electron chi connectivity index (χ0n) is 9.71. The second kappa shape index (κ2) is 6.71. The van der Waals surface area contributed by atoms with E-state index in [2.05, 4.69) is 5.32 Å². The number of carbonyl (C=O) groups excluding carboxylic acids is 1. The Bertz CT molecular complexity index is 506. The molecular formula is C14H13NO2S. The summed E-state index contributed by atoms with van der Waals surface area (Å²) in [5.41, 5.74) is 0. The fourth-order valence-corrected chi connectivity index (χ4v) is 1.98. The molecule has 0 spiro atoms. The molecule has 0 bridgehead atoms. The second-order valence-electron chi connectivity index (χ2n) is 3.53. The van der Waals surface area contributed by atoms with Crippen LogP contribution in [-0.4, -0.2) is 5.91 Å². The first-order chi connectivity index (χ1) is 8.84. The molecule has 0 fully saturated rings. The van der Waals surface area contributed by atoms with Gasteiger partial charge in [0.05, 0.1) is 12.8 Å². The molecule has 0 aliphatic carbocycles. The van der Waals surface area contributed by atoms with Crippen LogP contribution in [0.1, 0.15) is 5.76 Å². The van der Waals surface area contributed by atoms with Gasteiger partial charge in [0.25, 0.3) is 0 Å². The molecule has 0 saturated heterocycles. The van der Waals surface area contributed by atoms with Crippen LogP contribution in [0.2, 0.25) is 0 Å². The number of carbonyl (C=O) groups is 1. The summed E-state index contributed by atoms with van der Waals surface area (Å²) in [6.07, 6.45) is 3.10. The van der Waals surface area contributed by atoms with Gasteiger partial charge in [-0.3, -0.25) is 4.79 Å². The van der Waals surface area contributed by atoms with E-state index < -0.39 is 0 Å². The zero-order chi connectivity index (χ0) is 12.6. The SMILES string of the molecule is O=C(C=CSc1ccccc1)NCc1ccco1. The second-order valence-corrected chi connectivity index (χ2v) is 4.51. The predicted octanol–water partition coefficient (Wildman–Crippen LogP) is 3.20. The Kier molecular flexibility index (Phi) is 4.67. The molecule has 1 aromatic carbocycles. The Labute approximate surface area is 110 Å². The molecule has 1 N–H and O–H groups in total. The molecule has 18 heavy (non-hydrogen) atoms. The fourth-order valence-electron chi connectivity index (χ4n) is 1.32. The van der Waals surface area contributed by atoms with Crippen LogP contribution < -0.4 is 5.32 Å². The molecule has 0 aliphatic heterocycles. The molecule has 0 saturated carbocycles. The van der Waals surface area contributed by atoms with Crippen molar-refractivity contribution in [3.8, 4) is 0 Å². The van der Waals surface area contributed by atoms with Gasteiger partial charge in [0.2, 0.25) is 5.91 Å². The van der Waals surface area contributed by atoms with Crippen molar-refractivity contribution in [2.45, 2.75) is 11.4 Å². The van der Waals surface area contributed by atoms with Crippen LogP contribution in [0, 0.1) is 0 Å². The summed E-state index contributed by atoms with van der Waals surface area (Å²) < 4.78 is 5.11. The van der Waals surface area contributed by atoms with E-state index in [4.69, 9.17) is 4.42 Å². The summed E-state index contributed by atoms with van der Waals surface area (Å²) in [6, 6.07) is 13.5. The van der Waals surface area contributed by atoms with Gasteiger partial charge in [-0.25, -0.2) is 0 Å². The summed E-state index contributed by atoms with van der Waals surface area (Å²) in [6.45, 7) is 0.409. The fraction of sp³-hybridized carbons (Fsp3) is 0.0714. The van der Waals surface area contributed by atoms with Crippen LogP contribution in [0.3, 0.4) is 0 Å². The van der Waals surface area contributed by atoms with Crippen molar-refractivity contribution >= 4 is 17.7 Å². The standard InChI is InChI=1S/C14H13NO2S/c16-14(15-11-12-5-4-9-17-12)8-10-18-13-6-2-1-3-7-13/h1-10H,11H2,(H,15,16). The van der Waals surface area contributed by atoms with Crippen LogP contribution in [0.15, 0.2) is 69.5 Å². The topological polar surface area (TPSA) is 42.2 Å². The summed E-state index contributed by atoms with van der Waals surface area (Å²) in [7, 11) is 0. The molecule has 1 heterocycles. The quantitative estimate of drug-likeness (QED) is 0.662. The van der Waals surface area contributed by atoms with Crippen LogP contribution in [0.5, 0.6) is 0 Å². The average molecular weight is 259 g/mol. The third-order valence-corrected chi connectivity index (χ3v) is 3.00. The van der Waals surface area contributed by atoms with Gasteiger partial charge in [0.15, 0.2) is 0 Å². The van der Waals surface area contributed by atoms with E-state index in [9.17, 15) is 4.79 Å². The number of thioether (sulfide) groups is 1. The van der Waals surface area contributed by atoms with E-state index in [0.29, 0.717) is 6.54 Å². The number of hydrogen-bond donors (Lipinski definition) is 1. The maximum Gasteiger partial charge on any atom is 0.244 e. The average Bonchev–Trinajstić information content (AvgIpc) is 2.91. The first-order valence-corrected chi connectivity index (χ1v) is 6.41. The molecule has 0 radical (unpaired) electrons. The molecule has 0 aliphatic rings. The highest BCUT2D eigenvalue weighted by Crippen LogP contribution is 2.17. The lowest BCUT2D eigenvalue weighted by molar-refractivity contribution is -0.116. The van der Waals surface area contributed by atoms with Crippen LogP contribution in [-0.2, 0) is 11.3 Å². The number of hydrogen-bond acceptors (Lipinski definition) is 3. The van der Waals surface area contributed by atoms with E-state index in [1.54, 1.807) is 17.7 Å². The van der Waals surface area contributed by atoms with Crippen molar-refractivity contribution in [3.05, 3.63) is 66.0 Å². The Morgan fingerprint density at radius 2 is 2.06 bits per heavy atom. The lowest BCUT2D eigenvalue weighted by Gasteiger charge is -1.98. The normalized spacial score (nSPS) is 10.7. The third-order valence-electron chi connectivity index (χ3n) is 2.18. The van der Waals surface area contributed by atoms with Crippen molar-refractivity contribution < 1.29 is 9.21 Å². The summed E-state index contributed by atoms with van der Waals surface area (Å²) in [5, 5.41) is 4.51. The molecule has 2 aromatic rings. The van der Waals surface area contributed by atoms with Crippen molar-refractivity contribution in [2.24, 2.45) is 0 Å². The zero-order valence-corrected chi connectivity index (χ0v) is 10.5. The van der Waals surface area contributed by atoms with Crippen molar-refractivity contribution in [2.75, 3.05) is 0 Å². The number of rotatable bonds is 5. The summed E-state index contributed by atoms with van der Waals surface area (Å²) >= 11 is 1.51. The van der Waals surface area contributed by atoms with Gasteiger partial charge >= 0.3 is 0 Å². The first kappa shape index (κ1) is 12.5. The molecule has 4 heteroatoms. The number of benzene rings is 1. The minimum Gasteiger partial charge on any atom is -0.467 e. The molecular weight excluding hydrogens is 246 g/mol. The Morgan fingerprint density at radius 3 is 2.78 bits per heavy atom. The Balaban J connectivity index is 1.74. The highest BCUT2D eigenvalue weighted by atomic mass is 32.2. The molecule has 0 unspecified atom stereocenters. The largest absolute Gasteiger partial charge is 0.467 e. The molecule has 2 rings (SSSR count). The molecule has 92 valence electrons. The van der Waals surface area contributed by atoms with Gasteiger partial charge in [-0.1, -0.05) is 30.0 Å². The lowest BCUT2D eigenvalue weighted by atomic mass is 10.4. The van der Waals surface area contributed by atoms with Crippen LogP contribution in [0.4, 0.5) is 0 Å². The summed E-state index contributed by atoms with van der Waals surface area (Å²) in [4.78, 5) is 12.6. The van der Waals surface area contributed by atoms with E-state index in [0.717, 1.165) is 10.7 Å². The lowest BCUT2D eigenvalue weighted by Crippen LogP contribution is -2.19. The number of amides is 1. The minimum atomic E-state index is -0.130. The van der Waals surface area contributed by atoms with Crippen LogP contribution in [0.25, 0.3) is 0 Å². The molecule has 0 atom stereocenters. The van der Waals surface area contributed by atoms with Crippen molar-refractivity contribution in [1.82, 2.24) is 5.32 Å². The maximum atomic E-state index is 11.5. The Morgan fingerprint density at radius 1 is 1.22 bits per heavy atom. The highest BCUT2D eigenvalue weighted by molar-refractivity contribution is 8.02. The van der Waals surface area contributed by atoms with E-state index >= 15 is 0 Å². The van der Waals surface area contributed by atoms with Gasteiger partial charge in [-0.05, 0) is 29.7 Å². The van der Waals surface area contributed by atoms with Gasteiger partial charge in [0.1, 0.15) is 5.76 Å². The van der Waals surface area contributed by atoms with Crippen molar-refractivity contribution in [1.29, 1.82) is 0 Å². The van der Waals surface area contributed by atoms with E-state index in [1.807, 2.05) is 36.4 Å². The van der Waals surface area contributed by atoms with Gasteiger partial charge in [0, 0.05) is 11.0 Å². The van der Waals surface area contributed by atoms with Gasteiger partial charge in [-0.15, -0.1) is 0 Å². The van der Waals surface area contributed by atoms with Crippen molar-refractivity contribution in [3.63, 3.8) is 0 Å². The minimum absolute atomic E-state index is 0.130. The van der Waals surface area contributed by atoms with Gasteiger partial charge < -0.3 is 9.73 Å². The smallest absolute Gasteiger partial charge is 0.244 e. The van der Waals surface area contributed by atoms with Gasteiger partial charge in [-0.2, -0.15) is 0 Å². The number of nitrogens with one attached hydrogen (secondary N) is 1. The predicted molar refractivity (Wildman–Crippen MR) is 72.0 cm³/mol. The first-order valence-electron chi connectivity index (χ1n) is 5.53. The Hall–Kier alpha value is -1.94. The summed E-state index contributed by atoms with van der Waals surface area (Å²) in [5.74, 6) is 0.613. The van der Waals surface area contributed by atoms with E-state index in [-0.39, 0.29) is 5.91 Å². The van der Waals surface area contributed by atoms with E-state index in [1.165, 1.54) is 17.8 Å². The number of furan rings is 1. The maximum absolute atomic E-state index is 11.5. The highest BCUT2D eigenvalue weighted by Gasteiger charge is 1.98. The van der Waals surface area contributed by atoms with Crippen LogP contribution >= 0.6 is 11.8 Å². The third kappa shape index (κ3) is 4.14. The molecule has 1 amide bonds.